The summed E-state index contributed by atoms with van der Waals surface area (Å²) in [5.74, 6) is -2.32. The first-order chi connectivity index (χ1) is 29.7. The van der Waals surface area contributed by atoms with Gasteiger partial charge in [-0.25, -0.2) is 9.59 Å². The van der Waals surface area contributed by atoms with Gasteiger partial charge in [-0.3, -0.25) is 19.2 Å². The Labute approximate surface area is 365 Å². The average molecular weight is 865 g/mol. The van der Waals surface area contributed by atoms with Crippen LogP contribution in [-0.4, -0.2) is 89.7 Å². The van der Waals surface area contributed by atoms with Gasteiger partial charge in [0.1, 0.15) is 56.2 Å². The van der Waals surface area contributed by atoms with Crippen LogP contribution < -0.4 is 9.47 Å². The van der Waals surface area contributed by atoms with Crippen LogP contribution in [0.4, 0.5) is 0 Å². The third-order valence-corrected chi connectivity index (χ3v) is 10.6. The number of ether oxygens (including phenoxy) is 8. The summed E-state index contributed by atoms with van der Waals surface area (Å²) in [5.41, 5.74) is 1.30. The zero-order valence-electron chi connectivity index (χ0n) is 37.1. The number of esters is 6. The first kappa shape index (κ1) is 50.7. The van der Waals surface area contributed by atoms with Gasteiger partial charge in [-0.1, -0.05) is 76.8 Å². The van der Waals surface area contributed by atoms with Gasteiger partial charge in [0.05, 0.1) is 27.4 Å². The van der Waals surface area contributed by atoms with Crippen molar-refractivity contribution in [1.29, 1.82) is 0 Å². The van der Waals surface area contributed by atoms with Crippen LogP contribution in [0.2, 0.25) is 0 Å². The zero-order valence-corrected chi connectivity index (χ0v) is 37.1. The maximum absolute atomic E-state index is 12.6. The van der Waals surface area contributed by atoms with Gasteiger partial charge in [0.2, 0.25) is 0 Å². The van der Waals surface area contributed by atoms with E-state index in [-0.39, 0.29) is 24.4 Å². The maximum Gasteiger partial charge on any atom is 0.333 e. The molecular formula is C48H64O14. The first-order valence-electron chi connectivity index (χ1n) is 21.3. The minimum absolute atomic E-state index is 0.0745. The Hall–Kier alpha value is -5.66. The molecule has 0 saturated heterocycles. The second-order valence-corrected chi connectivity index (χ2v) is 16.0. The van der Waals surface area contributed by atoms with Crippen LogP contribution in [0.25, 0.3) is 11.1 Å². The van der Waals surface area contributed by atoms with Crippen molar-refractivity contribution in [2.75, 3.05) is 53.9 Å². The molecule has 1 fully saturated rings. The van der Waals surface area contributed by atoms with Crippen molar-refractivity contribution in [3.63, 3.8) is 0 Å². The van der Waals surface area contributed by atoms with Gasteiger partial charge in [0.15, 0.2) is 0 Å². The van der Waals surface area contributed by atoms with E-state index >= 15 is 0 Å². The topological polar surface area (TPSA) is 176 Å². The number of carbonyl (C=O) groups is 6. The van der Waals surface area contributed by atoms with Crippen molar-refractivity contribution in [2.45, 2.75) is 97.8 Å². The molecule has 0 atom stereocenters. The predicted octanol–water partition coefficient (Wildman–Crippen LogP) is 7.87. The predicted molar refractivity (Wildman–Crippen MR) is 230 cm³/mol. The highest BCUT2D eigenvalue weighted by molar-refractivity contribution is 5.91. The lowest BCUT2D eigenvalue weighted by atomic mass is 9.80. The Balaban J connectivity index is 1.87. The van der Waals surface area contributed by atoms with Crippen LogP contribution in [0.15, 0.2) is 66.8 Å². The summed E-state index contributed by atoms with van der Waals surface area (Å²) in [6.45, 7) is 11.3. The van der Waals surface area contributed by atoms with E-state index in [4.69, 9.17) is 28.4 Å². The lowest BCUT2D eigenvalue weighted by Crippen LogP contribution is -2.44. The van der Waals surface area contributed by atoms with Crippen LogP contribution in [0.3, 0.4) is 0 Å². The van der Waals surface area contributed by atoms with Crippen LogP contribution in [0.5, 0.6) is 11.5 Å². The van der Waals surface area contributed by atoms with Gasteiger partial charge in [-0.05, 0) is 92.3 Å². The quantitative estimate of drug-likeness (QED) is 0.0279. The number of unbranched alkanes of at least 4 members (excludes halogenated alkanes) is 2. The van der Waals surface area contributed by atoms with Crippen molar-refractivity contribution >= 4 is 35.8 Å². The second kappa shape index (κ2) is 26.6. The highest BCUT2D eigenvalue weighted by atomic mass is 16.6. The lowest BCUT2D eigenvalue weighted by Gasteiger charge is -2.32. The molecule has 340 valence electrons. The monoisotopic (exact) mass is 864 g/mol. The molecule has 62 heavy (non-hydrogen) atoms. The Kier molecular flexibility index (Phi) is 21.8. The standard InChI is InChI=1S/C48H64O14/c1-8-9-10-12-35-14-16-36(17-15-35)28-58-40-21-18-37(19-22-40)38-20-23-41(39(25-38)13-11-24-57-46(53)33(2)3)59-29-48(32-62-47(54)34(4)5,30-60-44(51)26-42(49)55-6)31-61-45(52)27-43(50)56-7/h18-23,25,35-36H,2,4,8-17,24,26-32H2,1,3,5-7H3. The highest BCUT2D eigenvalue weighted by Gasteiger charge is 2.38. The number of carbonyl (C=O) groups excluding carboxylic acids is 6. The molecule has 0 amide bonds. The molecule has 0 spiro atoms. The van der Waals surface area contributed by atoms with Gasteiger partial charge in [0, 0.05) is 11.1 Å². The maximum atomic E-state index is 12.6. The molecule has 0 radical (unpaired) electrons. The average Bonchev–Trinajstić information content (AvgIpc) is 3.27. The van der Waals surface area contributed by atoms with Crippen molar-refractivity contribution in [1.82, 2.24) is 0 Å². The molecule has 1 aliphatic carbocycles. The number of methoxy groups -OCH3 is 2. The largest absolute Gasteiger partial charge is 0.493 e. The van der Waals surface area contributed by atoms with Crippen LogP contribution >= 0.6 is 0 Å². The molecule has 2 aromatic carbocycles. The summed E-state index contributed by atoms with van der Waals surface area (Å²) in [7, 11) is 2.23. The lowest BCUT2D eigenvalue weighted by molar-refractivity contribution is -0.165. The third-order valence-electron chi connectivity index (χ3n) is 10.6. The Bertz CT molecular complexity index is 1790. The minimum atomic E-state index is -1.56. The van der Waals surface area contributed by atoms with Crippen molar-refractivity contribution in [3.8, 4) is 22.6 Å². The number of hydrogen-bond donors (Lipinski definition) is 0. The zero-order chi connectivity index (χ0) is 45.5. The fraction of sp³-hybridized carbons (Fsp3) is 0.542. The van der Waals surface area contributed by atoms with E-state index in [0.717, 1.165) is 42.6 Å². The van der Waals surface area contributed by atoms with Crippen molar-refractivity contribution < 1.29 is 66.7 Å². The molecule has 0 bridgehead atoms. The summed E-state index contributed by atoms with van der Waals surface area (Å²) in [6, 6.07) is 13.4. The Morgan fingerprint density at radius 3 is 1.74 bits per heavy atom. The molecule has 3 rings (SSSR count). The molecule has 0 heterocycles. The molecule has 1 saturated carbocycles. The van der Waals surface area contributed by atoms with E-state index in [9.17, 15) is 28.8 Å². The fourth-order valence-electron chi connectivity index (χ4n) is 6.75. The van der Waals surface area contributed by atoms with E-state index in [0.29, 0.717) is 31.1 Å². The molecule has 1 aliphatic rings. The van der Waals surface area contributed by atoms with Gasteiger partial charge in [0.25, 0.3) is 0 Å². The normalized spacial score (nSPS) is 14.7. The summed E-state index contributed by atoms with van der Waals surface area (Å²) >= 11 is 0. The number of rotatable bonds is 27. The SMILES string of the molecule is C=C(C)C(=O)OCCCc1cc(-c2ccc(OCC3CCC(CCCCC)CC3)cc2)ccc1OCC(COC(=O)CC(=O)OC)(COC(=O)CC(=O)OC)COC(=O)C(=C)C. The molecule has 0 aromatic heterocycles. The summed E-state index contributed by atoms with van der Waals surface area (Å²) in [5, 5.41) is 0. The Morgan fingerprint density at radius 1 is 0.629 bits per heavy atom. The molecular weight excluding hydrogens is 801 g/mol. The van der Waals surface area contributed by atoms with Gasteiger partial charge in [-0.2, -0.15) is 0 Å². The van der Waals surface area contributed by atoms with E-state index in [1.165, 1.54) is 58.3 Å². The molecule has 14 nitrogen and oxygen atoms in total. The van der Waals surface area contributed by atoms with Gasteiger partial charge < -0.3 is 37.9 Å². The molecule has 0 N–H and O–H groups in total. The molecule has 2 aromatic rings. The van der Waals surface area contributed by atoms with Crippen LogP contribution in [0, 0.1) is 17.3 Å². The smallest absolute Gasteiger partial charge is 0.333 e. The van der Waals surface area contributed by atoms with Gasteiger partial charge >= 0.3 is 35.8 Å². The minimum Gasteiger partial charge on any atom is -0.493 e. The third kappa shape index (κ3) is 18.1. The molecule has 0 unspecified atom stereocenters. The summed E-state index contributed by atoms with van der Waals surface area (Å²) < 4.78 is 43.4. The van der Waals surface area contributed by atoms with Crippen LogP contribution in [-0.2, 0) is 63.6 Å². The van der Waals surface area contributed by atoms with Crippen molar-refractivity contribution in [2.24, 2.45) is 17.3 Å². The van der Waals surface area contributed by atoms with E-state index in [1.54, 1.807) is 13.0 Å². The number of aryl methyl sites for hydroxylation is 1. The van der Waals surface area contributed by atoms with E-state index in [2.05, 4.69) is 29.6 Å². The summed E-state index contributed by atoms with van der Waals surface area (Å²) in [4.78, 5) is 73.6. The molecule has 14 heteroatoms. The number of benzene rings is 2. The molecule has 0 aliphatic heterocycles. The summed E-state index contributed by atoms with van der Waals surface area (Å²) in [6.07, 6.45) is 9.55. The highest BCUT2D eigenvalue weighted by Crippen LogP contribution is 2.34. The van der Waals surface area contributed by atoms with Crippen molar-refractivity contribution in [3.05, 3.63) is 72.3 Å². The fourth-order valence-corrected chi connectivity index (χ4v) is 6.75. The van der Waals surface area contributed by atoms with E-state index in [1.807, 2.05) is 36.4 Å². The second-order valence-electron chi connectivity index (χ2n) is 16.0. The van der Waals surface area contributed by atoms with E-state index < -0.39 is 73.9 Å². The first-order valence-corrected chi connectivity index (χ1v) is 21.3. The number of hydrogen-bond acceptors (Lipinski definition) is 14. The Morgan fingerprint density at radius 2 is 1.18 bits per heavy atom. The van der Waals surface area contributed by atoms with Crippen LogP contribution in [0.1, 0.15) is 97.0 Å². The van der Waals surface area contributed by atoms with Gasteiger partial charge in [-0.15, -0.1) is 0 Å².